The normalized spacial score (nSPS) is 21.8. The van der Waals surface area contributed by atoms with Crippen molar-refractivity contribution in [3.63, 3.8) is 0 Å². The molecule has 0 bridgehead atoms. The van der Waals surface area contributed by atoms with Crippen LogP contribution in [-0.2, 0) is 0 Å². The summed E-state index contributed by atoms with van der Waals surface area (Å²) in [5, 5.41) is 0. The van der Waals surface area contributed by atoms with Gasteiger partial charge in [0, 0.05) is 12.8 Å². The Labute approximate surface area is 61.4 Å². The summed E-state index contributed by atoms with van der Waals surface area (Å²) in [6.07, 6.45) is 6.44. The van der Waals surface area contributed by atoms with Crippen molar-refractivity contribution in [3.05, 3.63) is 0 Å². The standard InChI is InChI=1S/C8H13FN/c1-4-7-10(2,3)8(9)5-6-8/h1H,5-7H2,2-3H3/q+1. The zero-order chi connectivity index (χ0) is 7.83. The van der Waals surface area contributed by atoms with Crippen LogP contribution in [0.3, 0.4) is 0 Å². The van der Waals surface area contributed by atoms with Gasteiger partial charge in [-0.15, -0.1) is 6.42 Å². The van der Waals surface area contributed by atoms with Crippen molar-refractivity contribution in [1.29, 1.82) is 0 Å². The molecular formula is C8H13FN+. The molecule has 0 spiro atoms. The average molecular weight is 142 g/mol. The number of alkyl halides is 1. The molecule has 10 heavy (non-hydrogen) atoms. The minimum absolute atomic E-state index is 0.323. The highest BCUT2D eigenvalue weighted by Crippen LogP contribution is 2.45. The number of rotatable bonds is 2. The Morgan fingerprint density at radius 3 is 2.40 bits per heavy atom. The number of halogens is 1. The lowest BCUT2D eigenvalue weighted by molar-refractivity contribution is -0.935. The Morgan fingerprint density at radius 2 is 2.10 bits per heavy atom. The van der Waals surface area contributed by atoms with Crippen LogP contribution in [0.15, 0.2) is 0 Å². The Kier molecular flexibility index (Phi) is 1.48. The molecule has 0 heterocycles. The highest BCUT2D eigenvalue weighted by atomic mass is 19.1. The molecule has 1 saturated carbocycles. The fourth-order valence-electron chi connectivity index (χ4n) is 1.08. The summed E-state index contributed by atoms with van der Waals surface area (Å²) in [7, 11) is 3.68. The summed E-state index contributed by atoms with van der Waals surface area (Å²) < 4.78 is 13.7. The van der Waals surface area contributed by atoms with Gasteiger partial charge in [0.15, 0.2) is 0 Å². The van der Waals surface area contributed by atoms with E-state index in [2.05, 4.69) is 5.92 Å². The lowest BCUT2D eigenvalue weighted by atomic mass is 10.4. The minimum atomic E-state index is -1.01. The first-order chi connectivity index (χ1) is 4.52. The number of nitrogens with zero attached hydrogens (tertiary/aromatic N) is 1. The third kappa shape index (κ3) is 1.02. The lowest BCUT2D eigenvalue weighted by Gasteiger charge is -2.31. The molecule has 1 fully saturated rings. The van der Waals surface area contributed by atoms with Gasteiger partial charge in [-0.1, -0.05) is 0 Å². The molecule has 0 N–H and O–H groups in total. The summed E-state index contributed by atoms with van der Waals surface area (Å²) in [4.78, 5) is 0. The molecule has 0 aromatic heterocycles. The highest BCUT2D eigenvalue weighted by Gasteiger charge is 2.57. The molecular weight excluding hydrogens is 129 g/mol. The van der Waals surface area contributed by atoms with Crippen molar-refractivity contribution in [1.82, 2.24) is 0 Å². The van der Waals surface area contributed by atoms with Gasteiger partial charge < -0.3 is 0 Å². The first-order valence-corrected chi connectivity index (χ1v) is 3.47. The van der Waals surface area contributed by atoms with Gasteiger partial charge in [0.2, 0.25) is 5.79 Å². The molecule has 1 rings (SSSR count). The number of hydrogen-bond donors (Lipinski definition) is 0. The van der Waals surface area contributed by atoms with Crippen molar-refractivity contribution in [2.45, 2.75) is 18.6 Å². The smallest absolute Gasteiger partial charge is 0.242 e. The maximum absolute atomic E-state index is 13.3. The van der Waals surface area contributed by atoms with E-state index in [9.17, 15) is 4.39 Å². The molecule has 56 valence electrons. The number of quaternary nitrogens is 1. The fourth-order valence-corrected chi connectivity index (χ4v) is 1.08. The van der Waals surface area contributed by atoms with E-state index in [1.54, 1.807) is 0 Å². The predicted octanol–water partition coefficient (Wildman–Crippen LogP) is 1.16. The predicted molar refractivity (Wildman–Crippen MR) is 38.9 cm³/mol. The van der Waals surface area contributed by atoms with Gasteiger partial charge in [-0.3, -0.25) is 4.48 Å². The van der Waals surface area contributed by atoms with Crippen molar-refractivity contribution in [2.75, 3.05) is 20.6 Å². The molecule has 0 saturated heterocycles. The van der Waals surface area contributed by atoms with E-state index in [1.165, 1.54) is 0 Å². The van der Waals surface area contributed by atoms with Crippen LogP contribution in [0.5, 0.6) is 0 Å². The number of terminal acetylenes is 1. The van der Waals surface area contributed by atoms with E-state index in [1.807, 2.05) is 14.1 Å². The fraction of sp³-hybridized carbons (Fsp3) is 0.750. The maximum atomic E-state index is 13.3. The first-order valence-electron chi connectivity index (χ1n) is 3.47. The molecule has 0 amide bonds. The second-order valence-corrected chi connectivity index (χ2v) is 3.47. The highest BCUT2D eigenvalue weighted by molar-refractivity contribution is 4.90. The van der Waals surface area contributed by atoms with Gasteiger partial charge in [0.1, 0.15) is 6.54 Å². The summed E-state index contributed by atoms with van der Waals surface area (Å²) in [6, 6.07) is 0. The van der Waals surface area contributed by atoms with Gasteiger partial charge in [0.05, 0.1) is 14.1 Å². The zero-order valence-corrected chi connectivity index (χ0v) is 6.52. The van der Waals surface area contributed by atoms with Crippen LogP contribution in [0, 0.1) is 12.3 Å². The van der Waals surface area contributed by atoms with Crippen molar-refractivity contribution in [2.24, 2.45) is 0 Å². The van der Waals surface area contributed by atoms with Gasteiger partial charge >= 0.3 is 0 Å². The summed E-state index contributed by atoms with van der Waals surface area (Å²) in [6.45, 7) is 0.483. The Balaban J connectivity index is 2.60. The second-order valence-electron chi connectivity index (χ2n) is 3.47. The maximum Gasteiger partial charge on any atom is 0.242 e. The monoisotopic (exact) mass is 142 g/mol. The average Bonchev–Trinajstić information content (AvgIpc) is 2.49. The van der Waals surface area contributed by atoms with Crippen LogP contribution in [0.1, 0.15) is 12.8 Å². The molecule has 1 aliphatic rings. The molecule has 0 atom stereocenters. The second kappa shape index (κ2) is 1.96. The van der Waals surface area contributed by atoms with Crippen LogP contribution in [0.4, 0.5) is 4.39 Å². The molecule has 0 radical (unpaired) electrons. The van der Waals surface area contributed by atoms with Gasteiger partial charge in [-0.05, 0) is 5.92 Å². The van der Waals surface area contributed by atoms with E-state index in [0.29, 0.717) is 23.9 Å². The molecule has 0 aliphatic heterocycles. The zero-order valence-electron chi connectivity index (χ0n) is 6.52. The first kappa shape index (κ1) is 7.56. The molecule has 2 heteroatoms. The van der Waals surface area contributed by atoms with Gasteiger partial charge in [-0.2, -0.15) is 4.39 Å². The van der Waals surface area contributed by atoms with Crippen LogP contribution >= 0.6 is 0 Å². The van der Waals surface area contributed by atoms with Crippen LogP contribution in [0.2, 0.25) is 0 Å². The van der Waals surface area contributed by atoms with Crippen LogP contribution < -0.4 is 0 Å². The Morgan fingerprint density at radius 1 is 1.60 bits per heavy atom. The number of hydrogen-bond acceptors (Lipinski definition) is 0. The third-order valence-electron chi connectivity index (χ3n) is 2.23. The van der Waals surface area contributed by atoms with Gasteiger partial charge in [0.25, 0.3) is 0 Å². The lowest BCUT2D eigenvalue weighted by Crippen LogP contribution is -2.48. The van der Waals surface area contributed by atoms with E-state index in [-0.39, 0.29) is 0 Å². The third-order valence-corrected chi connectivity index (χ3v) is 2.23. The van der Waals surface area contributed by atoms with Crippen molar-refractivity contribution in [3.8, 4) is 12.3 Å². The quantitative estimate of drug-likeness (QED) is 0.308. The molecule has 0 aromatic rings. The van der Waals surface area contributed by atoms with Crippen molar-refractivity contribution < 1.29 is 8.87 Å². The molecule has 1 aliphatic carbocycles. The SMILES string of the molecule is C#CC[N+](C)(C)C1(F)CC1. The molecule has 1 nitrogen and oxygen atoms in total. The van der Waals surface area contributed by atoms with Gasteiger partial charge in [-0.25, -0.2) is 0 Å². The summed E-state index contributed by atoms with van der Waals surface area (Å²) >= 11 is 0. The van der Waals surface area contributed by atoms with Crippen LogP contribution in [0.25, 0.3) is 0 Å². The minimum Gasteiger partial charge on any atom is -0.287 e. The van der Waals surface area contributed by atoms with Crippen LogP contribution in [-0.4, -0.2) is 30.9 Å². The summed E-state index contributed by atoms with van der Waals surface area (Å²) in [5.41, 5.74) is 0. The van der Waals surface area contributed by atoms with E-state index < -0.39 is 5.79 Å². The molecule has 0 aromatic carbocycles. The summed E-state index contributed by atoms with van der Waals surface area (Å²) in [5.74, 6) is 1.48. The van der Waals surface area contributed by atoms with Crippen molar-refractivity contribution >= 4 is 0 Å². The Hall–Kier alpha value is -0.550. The van der Waals surface area contributed by atoms with E-state index in [0.717, 1.165) is 0 Å². The molecule has 0 unspecified atom stereocenters. The largest absolute Gasteiger partial charge is 0.287 e. The van der Waals surface area contributed by atoms with E-state index in [4.69, 9.17) is 6.42 Å². The Bertz CT molecular complexity index is 174. The van der Waals surface area contributed by atoms with E-state index >= 15 is 0 Å². The topological polar surface area (TPSA) is 0 Å².